The summed E-state index contributed by atoms with van der Waals surface area (Å²) >= 11 is 0. The third-order valence-corrected chi connectivity index (χ3v) is 2.38. The van der Waals surface area contributed by atoms with E-state index in [4.69, 9.17) is 5.73 Å². The zero-order valence-corrected chi connectivity index (χ0v) is 9.31. The Morgan fingerprint density at radius 2 is 2.00 bits per heavy atom. The van der Waals surface area contributed by atoms with E-state index in [2.05, 4.69) is 5.32 Å². The number of alkyl halides is 3. The lowest BCUT2D eigenvalue weighted by Gasteiger charge is -2.18. The van der Waals surface area contributed by atoms with Gasteiger partial charge in [-0.05, 0) is 24.2 Å². The van der Waals surface area contributed by atoms with Gasteiger partial charge < -0.3 is 11.1 Å². The lowest BCUT2D eigenvalue weighted by Crippen LogP contribution is -2.28. The van der Waals surface area contributed by atoms with Gasteiger partial charge in [-0.3, -0.25) is 0 Å². The Kier molecular flexibility index (Phi) is 4.47. The maximum absolute atomic E-state index is 13.0. The molecule has 1 atom stereocenters. The highest BCUT2D eigenvalue weighted by Crippen LogP contribution is 2.32. The zero-order chi connectivity index (χ0) is 13.1. The smallest absolute Gasteiger partial charge is 0.329 e. The van der Waals surface area contributed by atoms with E-state index in [-0.39, 0.29) is 6.54 Å². The van der Waals surface area contributed by atoms with E-state index in [1.165, 1.54) is 6.07 Å². The second-order valence-electron chi connectivity index (χ2n) is 3.58. The molecule has 96 valence electrons. The molecule has 3 N–H and O–H groups in total. The fourth-order valence-corrected chi connectivity index (χ4v) is 1.56. The van der Waals surface area contributed by atoms with Crippen molar-refractivity contribution in [2.24, 2.45) is 5.73 Å². The minimum Gasteiger partial charge on any atom is -0.329 e. The Balaban J connectivity index is 3.11. The molecule has 17 heavy (non-hydrogen) atoms. The van der Waals surface area contributed by atoms with Gasteiger partial charge in [-0.1, -0.05) is 13.0 Å². The van der Waals surface area contributed by atoms with Crippen molar-refractivity contribution < 1.29 is 17.6 Å². The fourth-order valence-electron chi connectivity index (χ4n) is 1.56. The van der Waals surface area contributed by atoms with Crippen molar-refractivity contribution in [2.75, 3.05) is 13.1 Å². The number of hydrogen-bond donors (Lipinski definition) is 2. The molecule has 0 aliphatic heterocycles. The summed E-state index contributed by atoms with van der Waals surface area (Å²) in [4.78, 5) is 0. The van der Waals surface area contributed by atoms with Crippen LogP contribution in [0.1, 0.15) is 24.1 Å². The van der Waals surface area contributed by atoms with Gasteiger partial charge in [0, 0.05) is 12.6 Å². The number of rotatable bonds is 4. The van der Waals surface area contributed by atoms with E-state index in [1.807, 2.05) is 6.92 Å². The van der Waals surface area contributed by atoms with Gasteiger partial charge in [0.25, 0.3) is 0 Å². The lowest BCUT2D eigenvalue weighted by molar-refractivity contribution is -0.140. The van der Waals surface area contributed by atoms with Crippen LogP contribution in [-0.2, 0) is 6.18 Å². The minimum atomic E-state index is -4.69. The number of likely N-dealkylation sites (N-methyl/N-ethyl adjacent to an activating group) is 1. The third-order valence-electron chi connectivity index (χ3n) is 2.38. The van der Waals surface area contributed by atoms with Gasteiger partial charge >= 0.3 is 6.18 Å². The van der Waals surface area contributed by atoms with E-state index in [1.54, 1.807) is 0 Å². The van der Waals surface area contributed by atoms with E-state index >= 15 is 0 Å². The van der Waals surface area contributed by atoms with Gasteiger partial charge in [-0.25, -0.2) is 4.39 Å². The van der Waals surface area contributed by atoms with Crippen molar-refractivity contribution in [3.8, 4) is 0 Å². The molecule has 0 fully saturated rings. The van der Waals surface area contributed by atoms with Crippen molar-refractivity contribution >= 4 is 0 Å². The molecule has 0 bridgehead atoms. The highest BCUT2D eigenvalue weighted by molar-refractivity contribution is 5.29. The van der Waals surface area contributed by atoms with E-state index in [0.717, 1.165) is 12.1 Å². The van der Waals surface area contributed by atoms with Crippen LogP contribution in [0, 0.1) is 5.82 Å². The average molecular weight is 250 g/mol. The third kappa shape index (κ3) is 3.41. The minimum absolute atomic E-state index is 0.150. The van der Waals surface area contributed by atoms with Gasteiger partial charge in [-0.2, -0.15) is 13.2 Å². The summed E-state index contributed by atoms with van der Waals surface area (Å²) in [6.45, 7) is 2.54. The molecule has 0 spiro atoms. The number of nitrogens with two attached hydrogens (primary N) is 1. The summed E-state index contributed by atoms with van der Waals surface area (Å²) in [5.41, 5.74) is 4.53. The maximum Gasteiger partial charge on any atom is 0.419 e. The first-order valence-corrected chi connectivity index (χ1v) is 5.20. The summed E-state index contributed by atoms with van der Waals surface area (Å²) < 4.78 is 50.5. The molecule has 1 aromatic carbocycles. The topological polar surface area (TPSA) is 38.0 Å². The average Bonchev–Trinajstić information content (AvgIpc) is 2.25. The monoisotopic (exact) mass is 250 g/mol. The van der Waals surface area contributed by atoms with Crippen LogP contribution in [0.15, 0.2) is 18.2 Å². The molecule has 1 unspecified atom stereocenters. The van der Waals surface area contributed by atoms with Gasteiger partial charge in [-0.15, -0.1) is 0 Å². The van der Waals surface area contributed by atoms with Crippen molar-refractivity contribution in [2.45, 2.75) is 19.1 Å². The molecule has 6 heteroatoms. The Hall–Kier alpha value is -1.14. The number of halogens is 4. The summed E-state index contributed by atoms with van der Waals surface area (Å²) in [6.07, 6.45) is -4.69. The molecule has 0 radical (unpaired) electrons. The van der Waals surface area contributed by atoms with Crippen LogP contribution in [0.5, 0.6) is 0 Å². The quantitative estimate of drug-likeness (QED) is 0.805. The van der Waals surface area contributed by atoms with E-state index < -0.39 is 23.6 Å². The highest BCUT2D eigenvalue weighted by atomic mass is 19.4. The molecule has 2 nitrogen and oxygen atoms in total. The van der Waals surface area contributed by atoms with Crippen molar-refractivity contribution in [1.29, 1.82) is 0 Å². The van der Waals surface area contributed by atoms with Gasteiger partial charge in [0.05, 0.1) is 5.56 Å². The summed E-state index contributed by atoms with van der Waals surface area (Å²) in [5, 5.41) is 2.93. The van der Waals surface area contributed by atoms with Crippen molar-refractivity contribution in [3.63, 3.8) is 0 Å². The Bertz CT molecular complexity index is 376. The van der Waals surface area contributed by atoms with Crippen LogP contribution in [0.3, 0.4) is 0 Å². The first-order chi connectivity index (χ1) is 7.90. The largest absolute Gasteiger partial charge is 0.419 e. The van der Waals surface area contributed by atoms with Crippen LogP contribution < -0.4 is 11.1 Å². The van der Waals surface area contributed by atoms with Crippen molar-refractivity contribution in [3.05, 3.63) is 35.1 Å². The number of nitrogens with one attached hydrogen (secondary N) is 1. The van der Waals surface area contributed by atoms with Gasteiger partial charge in [0.1, 0.15) is 5.82 Å². The summed E-state index contributed by atoms with van der Waals surface area (Å²) in [5.74, 6) is -1.27. The first kappa shape index (κ1) is 13.9. The van der Waals surface area contributed by atoms with Gasteiger partial charge in [0.15, 0.2) is 0 Å². The maximum atomic E-state index is 13.0. The molecule has 0 amide bonds. The molecule has 0 aromatic heterocycles. The van der Waals surface area contributed by atoms with Crippen LogP contribution in [0.4, 0.5) is 17.6 Å². The van der Waals surface area contributed by atoms with Crippen molar-refractivity contribution in [1.82, 2.24) is 5.32 Å². The zero-order valence-electron chi connectivity index (χ0n) is 9.31. The Morgan fingerprint density at radius 3 is 2.47 bits per heavy atom. The van der Waals surface area contributed by atoms with Crippen LogP contribution in [0.25, 0.3) is 0 Å². The summed E-state index contributed by atoms with van der Waals surface area (Å²) in [7, 11) is 0. The number of hydrogen-bond acceptors (Lipinski definition) is 2. The van der Waals surface area contributed by atoms with Crippen LogP contribution in [0.2, 0.25) is 0 Å². The normalized spacial score (nSPS) is 13.8. The first-order valence-electron chi connectivity index (χ1n) is 5.20. The Labute approximate surface area is 96.8 Å². The van der Waals surface area contributed by atoms with Crippen LogP contribution in [-0.4, -0.2) is 13.1 Å². The highest BCUT2D eigenvalue weighted by Gasteiger charge is 2.34. The number of benzene rings is 1. The summed E-state index contributed by atoms with van der Waals surface area (Å²) in [6, 6.07) is 2.53. The molecule has 0 aliphatic carbocycles. The second-order valence-corrected chi connectivity index (χ2v) is 3.58. The van der Waals surface area contributed by atoms with Crippen LogP contribution >= 0.6 is 0 Å². The molecule has 1 rings (SSSR count). The molecule has 0 saturated heterocycles. The predicted molar refractivity (Wildman–Crippen MR) is 56.9 cm³/mol. The molecule has 0 heterocycles. The SMILES string of the molecule is CCNC(CN)c1ccc(F)c(C(F)(F)F)c1. The molecule has 0 aliphatic rings. The predicted octanol–water partition coefficient (Wildman–Crippen LogP) is 2.45. The molecular formula is C11H14F4N2. The Morgan fingerprint density at radius 1 is 1.35 bits per heavy atom. The van der Waals surface area contributed by atoms with Gasteiger partial charge in [0.2, 0.25) is 0 Å². The molecular weight excluding hydrogens is 236 g/mol. The molecule has 1 aromatic rings. The molecule has 0 saturated carbocycles. The van der Waals surface area contributed by atoms with E-state index in [9.17, 15) is 17.6 Å². The standard InChI is InChI=1S/C11H14F4N2/c1-2-17-10(6-16)7-3-4-9(12)8(5-7)11(13,14)15/h3-5,10,17H,2,6,16H2,1H3. The fraction of sp³-hybridized carbons (Fsp3) is 0.455. The van der Waals surface area contributed by atoms with E-state index in [0.29, 0.717) is 12.1 Å². The second kappa shape index (κ2) is 5.46. The lowest BCUT2D eigenvalue weighted by atomic mass is 10.0.